The molecule has 0 heterocycles. The predicted molar refractivity (Wildman–Crippen MR) is 32.7 cm³/mol. The van der Waals surface area contributed by atoms with Gasteiger partial charge in [0.15, 0.2) is 6.29 Å². The van der Waals surface area contributed by atoms with Crippen molar-refractivity contribution >= 4 is 0 Å². The molecule has 0 atom stereocenters. The molecule has 0 aromatic heterocycles. The van der Waals surface area contributed by atoms with E-state index in [1.165, 1.54) is 0 Å². The summed E-state index contributed by atoms with van der Waals surface area (Å²) in [5.41, 5.74) is 0. The quantitative estimate of drug-likeness (QED) is 0.592. The minimum atomic E-state index is -0.0370. The fourth-order valence-corrected chi connectivity index (χ4v) is 0.518. The van der Waals surface area contributed by atoms with Gasteiger partial charge in [-0.2, -0.15) is 0 Å². The fourth-order valence-electron chi connectivity index (χ4n) is 0.518. The fraction of sp³-hybridized carbons (Fsp3) is 1.00. The van der Waals surface area contributed by atoms with Crippen molar-refractivity contribution in [1.29, 1.82) is 0 Å². The van der Waals surface area contributed by atoms with Crippen LogP contribution >= 0.6 is 0 Å². The molecule has 0 saturated carbocycles. The van der Waals surface area contributed by atoms with Crippen LogP contribution in [0.5, 0.6) is 0 Å². The van der Waals surface area contributed by atoms with Crippen LogP contribution in [0.4, 0.5) is 0 Å². The first-order valence-corrected chi connectivity index (χ1v) is 3.04. The van der Waals surface area contributed by atoms with Crippen LogP contribution in [0.25, 0.3) is 0 Å². The van der Waals surface area contributed by atoms with E-state index in [1.807, 2.05) is 20.8 Å². The zero-order valence-corrected chi connectivity index (χ0v) is 7.65. The molecule has 2 nitrogen and oxygen atoms in total. The van der Waals surface area contributed by atoms with E-state index >= 15 is 0 Å². The van der Waals surface area contributed by atoms with Crippen molar-refractivity contribution in [3.8, 4) is 0 Å². The minimum absolute atomic E-state index is 0. The molecule has 3 heteroatoms. The van der Waals surface area contributed by atoms with Gasteiger partial charge in [0.2, 0.25) is 0 Å². The van der Waals surface area contributed by atoms with Gasteiger partial charge >= 0.3 is 0 Å². The largest absolute Gasteiger partial charge is 0.353 e. The summed E-state index contributed by atoms with van der Waals surface area (Å²) in [5.74, 6) is 0. The first kappa shape index (κ1) is 12.2. The van der Waals surface area contributed by atoms with E-state index in [-0.39, 0.29) is 24.8 Å². The monoisotopic (exact) mass is 169 g/mol. The van der Waals surface area contributed by atoms with Gasteiger partial charge < -0.3 is 9.47 Å². The van der Waals surface area contributed by atoms with Crippen LogP contribution in [-0.2, 0) is 28.0 Å². The smallest absolute Gasteiger partial charge is 0.154 e. The van der Waals surface area contributed by atoms with E-state index < -0.39 is 0 Å². The molecular weight excluding hydrogens is 155 g/mol. The Labute approximate surface area is 68.8 Å². The van der Waals surface area contributed by atoms with Gasteiger partial charge in [-0.25, -0.2) is 0 Å². The number of ether oxygens (including phenoxy) is 2. The molecule has 0 aliphatic rings. The first-order chi connectivity index (χ1) is 3.81. The van der Waals surface area contributed by atoms with Crippen LogP contribution in [0.15, 0.2) is 0 Å². The maximum absolute atomic E-state index is 5.06. The molecule has 0 unspecified atom stereocenters. The maximum Gasteiger partial charge on any atom is 0.154 e. The molecule has 55 valence electrons. The second-order valence-electron chi connectivity index (χ2n) is 1.48. The Hall–Kier alpha value is 0.504. The molecule has 1 radical (unpaired) electrons. The molecule has 0 bridgehead atoms. The Morgan fingerprint density at radius 1 is 1.11 bits per heavy atom. The van der Waals surface area contributed by atoms with Gasteiger partial charge in [0.05, 0.1) is 0 Å². The summed E-state index contributed by atoms with van der Waals surface area (Å²) in [6.07, 6.45) is -0.0370. The molecule has 0 N–H and O–H groups in total. The zero-order valence-electron chi connectivity index (χ0n) is 6.26. The third-order valence-electron chi connectivity index (χ3n) is 0.803. The molecule has 0 aromatic rings. The van der Waals surface area contributed by atoms with Crippen molar-refractivity contribution in [2.45, 2.75) is 27.1 Å². The second kappa shape index (κ2) is 8.50. The maximum atomic E-state index is 5.06. The first-order valence-electron chi connectivity index (χ1n) is 3.04. The van der Waals surface area contributed by atoms with Crippen molar-refractivity contribution in [3.63, 3.8) is 0 Å². The Morgan fingerprint density at radius 3 is 1.67 bits per heavy atom. The summed E-state index contributed by atoms with van der Waals surface area (Å²) < 4.78 is 10.1. The standard InChI is InChI=1S/C6H14O2.V/c1-4-7-6(3)8-5-2;/h6H,4-5H2,1-3H3;. The molecule has 9 heavy (non-hydrogen) atoms. The number of hydrogen-bond acceptors (Lipinski definition) is 2. The van der Waals surface area contributed by atoms with Crippen molar-refractivity contribution in [3.05, 3.63) is 0 Å². The van der Waals surface area contributed by atoms with Crippen molar-refractivity contribution in [2.75, 3.05) is 13.2 Å². The van der Waals surface area contributed by atoms with Crippen molar-refractivity contribution in [2.24, 2.45) is 0 Å². The van der Waals surface area contributed by atoms with E-state index in [4.69, 9.17) is 9.47 Å². The molecule has 0 rings (SSSR count). The van der Waals surface area contributed by atoms with E-state index in [9.17, 15) is 0 Å². The van der Waals surface area contributed by atoms with Crippen LogP contribution < -0.4 is 0 Å². The molecule has 0 aromatic carbocycles. The van der Waals surface area contributed by atoms with Gasteiger partial charge in [-0.05, 0) is 20.8 Å². The van der Waals surface area contributed by atoms with Crippen molar-refractivity contribution < 1.29 is 28.0 Å². The topological polar surface area (TPSA) is 18.5 Å². The Kier molecular flexibility index (Phi) is 11.5. The van der Waals surface area contributed by atoms with Gasteiger partial charge in [-0.15, -0.1) is 0 Å². The molecule has 0 saturated heterocycles. The minimum Gasteiger partial charge on any atom is -0.353 e. The zero-order chi connectivity index (χ0) is 6.41. The van der Waals surface area contributed by atoms with Gasteiger partial charge in [-0.1, -0.05) is 0 Å². The molecule has 0 aliphatic carbocycles. The SMILES string of the molecule is CCOC(C)OCC.[V]. The Bertz CT molecular complexity index is 44.3. The second-order valence-corrected chi connectivity index (χ2v) is 1.48. The third kappa shape index (κ3) is 8.50. The Balaban J connectivity index is 0. The number of rotatable bonds is 4. The molecule has 0 fully saturated rings. The summed E-state index contributed by atoms with van der Waals surface area (Å²) in [6, 6.07) is 0. The van der Waals surface area contributed by atoms with Gasteiger partial charge in [0.1, 0.15) is 0 Å². The van der Waals surface area contributed by atoms with E-state index in [1.54, 1.807) is 0 Å². The van der Waals surface area contributed by atoms with E-state index in [0.717, 1.165) is 13.2 Å². The summed E-state index contributed by atoms with van der Waals surface area (Å²) in [5, 5.41) is 0. The molecule has 0 amide bonds. The van der Waals surface area contributed by atoms with Crippen LogP contribution in [-0.4, -0.2) is 19.5 Å². The summed E-state index contributed by atoms with van der Waals surface area (Å²) in [6.45, 7) is 7.25. The summed E-state index contributed by atoms with van der Waals surface area (Å²) >= 11 is 0. The molecule has 0 spiro atoms. The molecule has 0 aliphatic heterocycles. The van der Waals surface area contributed by atoms with E-state index in [2.05, 4.69) is 0 Å². The van der Waals surface area contributed by atoms with Gasteiger partial charge in [-0.3, -0.25) is 0 Å². The predicted octanol–water partition coefficient (Wildman–Crippen LogP) is 1.40. The van der Waals surface area contributed by atoms with Crippen LogP contribution in [0.3, 0.4) is 0 Å². The van der Waals surface area contributed by atoms with Crippen LogP contribution in [0, 0.1) is 0 Å². The van der Waals surface area contributed by atoms with Crippen LogP contribution in [0.1, 0.15) is 20.8 Å². The average Bonchev–Trinajstić information content (AvgIpc) is 1.68. The summed E-state index contributed by atoms with van der Waals surface area (Å²) in [7, 11) is 0. The third-order valence-corrected chi connectivity index (χ3v) is 0.803. The van der Waals surface area contributed by atoms with Gasteiger partial charge in [0.25, 0.3) is 0 Å². The van der Waals surface area contributed by atoms with Gasteiger partial charge in [0, 0.05) is 31.8 Å². The van der Waals surface area contributed by atoms with Crippen LogP contribution in [0.2, 0.25) is 0 Å². The van der Waals surface area contributed by atoms with E-state index in [0.29, 0.717) is 0 Å². The Morgan fingerprint density at radius 2 is 1.44 bits per heavy atom. The summed E-state index contributed by atoms with van der Waals surface area (Å²) in [4.78, 5) is 0. The average molecular weight is 169 g/mol. The van der Waals surface area contributed by atoms with Crippen molar-refractivity contribution in [1.82, 2.24) is 0 Å². The number of hydrogen-bond donors (Lipinski definition) is 0. The normalized spacial score (nSPS) is 9.33. The molecular formula is C6H14O2V.